The first kappa shape index (κ1) is 17.2. The summed E-state index contributed by atoms with van der Waals surface area (Å²) in [5.41, 5.74) is 1.05. The number of nitrogens with one attached hydrogen (secondary N) is 1. The van der Waals surface area contributed by atoms with Crippen LogP contribution in [0.4, 0.5) is 0 Å². The van der Waals surface area contributed by atoms with E-state index in [1.807, 2.05) is 30.3 Å². The minimum Gasteiger partial charge on any atom is -0.354 e. The van der Waals surface area contributed by atoms with Crippen molar-refractivity contribution in [2.24, 2.45) is 0 Å². The van der Waals surface area contributed by atoms with Crippen molar-refractivity contribution in [2.75, 3.05) is 26.2 Å². The molecular formula is C20H27N5O. The van der Waals surface area contributed by atoms with Gasteiger partial charge in [0.2, 0.25) is 5.91 Å². The van der Waals surface area contributed by atoms with E-state index in [0.717, 1.165) is 62.8 Å². The molecule has 2 aromatic rings. The van der Waals surface area contributed by atoms with Crippen LogP contribution in [0, 0.1) is 0 Å². The highest BCUT2D eigenvalue weighted by molar-refractivity contribution is 5.83. The van der Waals surface area contributed by atoms with E-state index in [4.69, 9.17) is 0 Å². The van der Waals surface area contributed by atoms with E-state index in [2.05, 4.69) is 25.0 Å². The molecule has 1 N–H and O–H groups in total. The van der Waals surface area contributed by atoms with Crippen LogP contribution in [-0.2, 0) is 11.3 Å². The molecular weight excluding hydrogens is 326 g/mol. The average molecular weight is 353 g/mol. The van der Waals surface area contributed by atoms with Crippen LogP contribution in [0.3, 0.4) is 0 Å². The maximum Gasteiger partial charge on any atom is 0.230 e. The van der Waals surface area contributed by atoms with Gasteiger partial charge in [0.25, 0.3) is 0 Å². The fourth-order valence-corrected chi connectivity index (χ4v) is 4.07. The summed E-state index contributed by atoms with van der Waals surface area (Å²) < 4.78 is 2.12. The number of benzene rings is 1. The van der Waals surface area contributed by atoms with Gasteiger partial charge in [-0.25, -0.2) is 0 Å². The first-order valence-electron chi connectivity index (χ1n) is 9.81. The molecule has 0 bridgehead atoms. The Balaban J connectivity index is 1.41. The topological polar surface area (TPSA) is 63.1 Å². The molecule has 138 valence electrons. The Kier molecular flexibility index (Phi) is 5.29. The molecule has 0 saturated carbocycles. The summed E-state index contributed by atoms with van der Waals surface area (Å²) in [6.45, 7) is 4.86. The van der Waals surface area contributed by atoms with Crippen molar-refractivity contribution in [1.82, 2.24) is 25.0 Å². The lowest BCUT2D eigenvalue weighted by Crippen LogP contribution is -2.40. The summed E-state index contributed by atoms with van der Waals surface area (Å²) in [5, 5.41) is 11.9. The fourth-order valence-electron chi connectivity index (χ4n) is 4.07. The molecule has 3 heterocycles. The molecule has 1 aromatic heterocycles. The van der Waals surface area contributed by atoms with E-state index in [1.54, 1.807) is 0 Å². The third kappa shape index (κ3) is 3.65. The summed E-state index contributed by atoms with van der Waals surface area (Å²) in [4.78, 5) is 15.2. The van der Waals surface area contributed by atoms with Crippen LogP contribution in [0.15, 0.2) is 30.3 Å². The Bertz CT molecular complexity index is 736. The number of amides is 1. The summed E-state index contributed by atoms with van der Waals surface area (Å²) in [6, 6.07) is 10.1. The highest BCUT2D eigenvalue weighted by Gasteiger charge is 2.30. The Morgan fingerprint density at radius 3 is 2.65 bits per heavy atom. The Hall–Kier alpha value is -2.21. The molecule has 0 spiro atoms. The van der Waals surface area contributed by atoms with Gasteiger partial charge in [0.15, 0.2) is 5.82 Å². The highest BCUT2D eigenvalue weighted by atomic mass is 16.1. The van der Waals surface area contributed by atoms with Gasteiger partial charge in [-0.1, -0.05) is 36.8 Å². The van der Waals surface area contributed by atoms with Crippen molar-refractivity contribution in [3.8, 4) is 11.4 Å². The number of rotatable bonds is 5. The van der Waals surface area contributed by atoms with Gasteiger partial charge in [0.1, 0.15) is 5.82 Å². The molecule has 26 heavy (non-hydrogen) atoms. The van der Waals surface area contributed by atoms with E-state index < -0.39 is 0 Å². The molecule has 6 nitrogen and oxygen atoms in total. The summed E-state index contributed by atoms with van der Waals surface area (Å²) in [5.74, 6) is 1.59. The first-order chi connectivity index (χ1) is 12.8. The number of carbonyl (C=O) groups excluding carboxylic acids is 1. The molecule has 6 heteroatoms. The zero-order valence-corrected chi connectivity index (χ0v) is 15.2. The molecule has 1 aromatic carbocycles. The van der Waals surface area contributed by atoms with Crippen LogP contribution in [0.25, 0.3) is 11.4 Å². The second-order valence-corrected chi connectivity index (χ2v) is 7.29. The third-order valence-electron chi connectivity index (χ3n) is 5.49. The predicted molar refractivity (Wildman–Crippen MR) is 101 cm³/mol. The SMILES string of the molecule is O=C(NCCN1CCCCC1)C1CCCn2c(-c3ccccc3)nnc21. The van der Waals surface area contributed by atoms with Gasteiger partial charge < -0.3 is 14.8 Å². The van der Waals surface area contributed by atoms with Gasteiger partial charge in [-0.2, -0.15) is 0 Å². The predicted octanol–water partition coefficient (Wildman–Crippen LogP) is 2.42. The molecule has 1 unspecified atom stereocenters. The second kappa shape index (κ2) is 7.99. The maximum absolute atomic E-state index is 12.7. The number of likely N-dealkylation sites (tertiary alicyclic amines) is 1. The van der Waals surface area contributed by atoms with Crippen LogP contribution >= 0.6 is 0 Å². The van der Waals surface area contributed by atoms with Crippen molar-refractivity contribution in [2.45, 2.75) is 44.6 Å². The van der Waals surface area contributed by atoms with Crippen LogP contribution < -0.4 is 5.32 Å². The van der Waals surface area contributed by atoms with Crippen molar-refractivity contribution in [1.29, 1.82) is 0 Å². The normalized spacial score (nSPS) is 20.5. The quantitative estimate of drug-likeness (QED) is 0.897. The molecule has 0 aliphatic carbocycles. The van der Waals surface area contributed by atoms with Crippen molar-refractivity contribution in [3.63, 3.8) is 0 Å². The number of hydrogen-bond donors (Lipinski definition) is 1. The molecule has 1 atom stereocenters. The number of nitrogens with zero attached hydrogens (tertiary/aromatic N) is 4. The zero-order chi connectivity index (χ0) is 17.8. The minimum atomic E-state index is -0.185. The van der Waals surface area contributed by atoms with Crippen LogP contribution in [-0.4, -0.2) is 51.8 Å². The van der Waals surface area contributed by atoms with E-state index in [1.165, 1.54) is 19.3 Å². The maximum atomic E-state index is 12.7. The van der Waals surface area contributed by atoms with Gasteiger partial charge in [0, 0.05) is 25.2 Å². The lowest BCUT2D eigenvalue weighted by atomic mass is 9.97. The molecule has 2 aliphatic heterocycles. The van der Waals surface area contributed by atoms with Crippen LogP contribution in [0.5, 0.6) is 0 Å². The highest BCUT2D eigenvalue weighted by Crippen LogP contribution is 2.30. The number of piperidine rings is 1. The van der Waals surface area contributed by atoms with E-state index in [-0.39, 0.29) is 11.8 Å². The van der Waals surface area contributed by atoms with Gasteiger partial charge in [-0.05, 0) is 38.8 Å². The van der Waals surface area contributed by atoms with Gasteiger partial charge in [-0.15, -0.1) is 10.2 Å². The van der Waals surface area contributed by atoms with E-state index >= 15 is 0 Å². The Morgan fingerprint density at radius 1 is 1.04 bits per heavy atom. The standard InChI is InChI=1S/C20H27N5O/c26-20(21-11-15-24-12-5-2-6-13-24)17-10-7-14-25-18(22-23-19(17)25)16-8-3-1-4-9-16/h1,3-4,8-9,17H,2,5-7,10-15H2,(H,21,26). The molecule has 4 rings (SSSR count). The van der Waals surface area contributed by atoms with Crippen LogP contribution in [0.1, 0.15) is 43.8 Å². The van der Waals surface area contributed by atoms with Crippen molar-refractivity contribution >= 4 is 5.91 Å². The van der Waals surface area contributed by atoms with Gasteiger partial charge >= 0.3 is 0 Å². The fraction of sp³-hybridized carbons (Fsp3) is 0.550. The average Bonchev–Trinajstić information content (AvgIpc) is 3.13. The largest absolute Gasteiger partial charge is 0.354 e. The third-order valence-corrected chi connectivity index (χ3v) is 5.49. The number of carbonyl (C=O) groups is 1. The second-order valence-electron chi connectivity index (χ2n) is 7.29. The van der Waals surface area contributed by atoms with E-state index in [0.29, 0.717) is 0 Å². The summed E-state index contributed by atoms with van der Waals surface area (Å²) in [7, 11) is 0. The monoisotopic (exact) mass is 353 g/mol. The summed E-state index contributed by atoms with van der Waals surface area (Å²) >= 11 is 0. The first-order valence-corrected chi connectivity index (χ1v) is 9.81. The number of fused-ring (bicyclic) bond motifs is 1. The molecule has 1 saturated heterocycles. The minimum absolute atomic E-state index is 0.0926. The Labute approximate surface area is 154 Å². The molecule has 2 aliphatic rings. The molecule has 1 amide bonds. The zero-order valence-electron chi connectivity index (χ0n) is 15.2. The van der Waals surface area contributed by atoms with Crippen molar-refractivity contribution in [3.05, 3.63) is 36.2 Å². The number of aromatic nitrogens is 3. The van der Waals surface area contributed by atoms with Crippen molar-refractivity contribution < 1.29 is 4.79 Å². The van der Waals surface area contributed by atoms with Gasteiger partial charge in [0.05, 0.1) is 5.92 Å². The lowest BCUT2D eigenvalue weighted by Gasteiger charge is -2.27. The Morgan fingerprint density at radius 2 is 1.85 bits per heavy atom. The smallest absolute Gasteiger partial charge is 0.230 e. The van der Waals surface area contributed by atoms with Gasteiger partial charge in [-0.3, -0.25) is 4.79 Å². The summed E-state index contributed by atoms with van der Waals surface area (Å²) in [6.07, 6.45) is 5.73. The molecule has 0 radical (unpaired) electrons. The molecule has 1 fully saturated rings. The van der Waals surface area contributed by atoms with Crippen LogP contribution in [0.2, 0.25) is 0 Å². The lowest BCUT2D eigenvalue weighted by molar-refractivity contribution is -0.123. The number of hydrogen-bond acceptors (Lipinski definition) is 4. The van der Waals surface area contributed by atoms with E-state index in [9.17, 15) is 4.79 Å².